The zero-order valence-electron chi connectivity index (χ0n) is 12.5. The lowest BCUT2D eigenvalue weighted by Crippen LogP contribution is -2.28. The molecule has 10 heteroatoms. The van der Waals surface area contributed by atoms with E-state index in [1.165, 1.54) is 6.20 Å². The highest BCUT2D eigenvalue weighted by atomic mass is 32.2. The van der Waals surface area contributed by atoms with Crippen molar-refractivity contribution < 1.29 is 13.2 Å². The first-order chi connectivity index (χ1) is 10.3. The molecule has 0 aromatic carbocycles. The van der Waals surface area contributed by atoms with Gasteiger partial charge >= 0.3 is 0 Å². The van der Waals surface area contributed by atoms with Crippen LogP contribution in [-0.4, -0.2) is 40.6 Å². The van der Waals surface area contributed by atoms with Crippen LogP contribution >= 0.6 is 0 Å². The van der Waals surface area contributed by atoms with Gasteiger partial charge in [0.15, 0.2) is 10.8 Å². The Morgan fingerprint density at radius 3 is 2.68 bits per heavy atom. The van der Waals surface area contributed by atoms with Crippen LogP contribution in [0, 0.1) is 13.8 Å². The third-order valence-corrected chi connectivity index (χ3v) is 4.31. The number of sulfonamides is 1. The van der Waals surface area contributed by atoms with E-state index in [9.17, 15) is 13.2 Å². The molecule has 0 spiro atoms. The average molecular weight is 326 g/mol. The summed E-state index contributed by atoms with van der Waals surface area (Å²) in [6.45, 7) is 3.50. The van der Waals surface area contributed by atoms with Gasteiger partial charge < -0.3 is 9.88 Å². The molecule has 3 N–H and O–H groups in total. The maximum Gasteiger partial charge on any atom is 0.259 e. The second-order valence-corrected chi connectivity index (χ2v) is 6.58. The Balaban J connectivity index is 1.86. The number of rotatable bonds is 6. The van der Waals surface area contributed by atoms with Gasteiger partial charge in [0, 0.05) is 38.0 Å². The number of H-pyrrole nitrogens is 1. The van der Waals surface area contributed by atoms with E-state index in [2.05, 4.69) is 25.2 Å². The molecule has 9 nitrogen and oxygen atoms in total. The molecule has 0 saturated heterocycles. The van der Waals surface area contributed by atoms with Crippen molar-refractivity contribution in [3.8, 4) is 0 Å². The van der Waals surface area contributed by atoms with Gasteiger partial charge in [-0.05, 0) is 13.8 Å². The number of aromatic amines is 1. The third kappa shape index (κ3) is 3.92. The van der Waals surface area contributed by atoms with Crippen LogP contribution in [-0.2, 0) is 21.9 Å². The number of anilines is 1. The lowest BCUT2D eigenvalue weighted by molar-refractivity contribution is -0.116. The van der Waals surface area contributed by atoms with Gasteiger partial charge in [0.25, 0.3) is 10.0 Å². The monoisotopic (exact) mass is 326 g/mol. The molecule has 2 heterocycles. The van der Waals surface area contributed by atoms with Crippen LogP contribution in [0.2, 0.25) is 0 Å². The standard InChI is InChI=1S/C12H18N6O3S/c1-8-6-10(17-16-8)15-11(19)4-5-13-22(20,21)12-7-18(3)9(2)14-12/h6-7,13H,4-5H2,1-3H3,(H2,15,16,17,19). The van der Waals surface area contributed by atoms with Crippen molar-refractivity contribution >= 4 is 21.7 Å². The molecule has 0 aliphatic carbocycles. The average Bonchev–Trinajstić information content (AvgIpc) is 2.97. The number of aryl methyl sites for hydroxylation is 3. The summed E-state index contributed by atoms with van der Waals surface area (Å²) in [6, 6.07) is 1.68. The van der Waals surface area contributed by atoms with Crippen LogP contribution in [0.3, 0.4) is 0 Å². The molecule has 0 atom stereocenters. The second kappa shape index (κ2) is 6.28. The first-order valence-electron chi connectivity index (χ1n) is 6.59. The molecule has 2 rings (SSSR count). The van der Waals surface area contributed by atoms with E-state index < -0.39 is 10.0 Å². The maximum absolute atomic E-state index is 12.0. The molecule has 1 amide bonds. The van der Waals surface area contributed by atoms with Crippen molar-refractivity contribution in [2.24, 2.45) is 7.05 Å². The first kappa shape index (κ1) is 16.2. The van der Waals surface area contributed by atoms with E-state index >= 15 is 0 Å². The summed E-state index contributed by atoms with van der Waals surface area (Å²) in [5, 5.41) is 9.07. The molecule has 22 heavy (non-hydrogen) atoms. The van der Waals surface area contributed by atoms with Crippen molar-refractivity contribution in [1.82, 2.24) is 24.5 Å². The lowest BCUT2D eigenvalue weighted by Gasteiger charge is -2.04. The largest absolute Gasteiger partial charge is 0.337 e. The summed E-state index contributed by atoms with van der Waals surface area (Å²) in [7, 11) is -2.00. The topological polar surface area (TPSA) is 122 Å². The highest BCUT2D eigenvalue weighted by molar-refractivity contribution is 7.89. The van der Waals surface area contributed by atoms with Gasteiger partial charge in [-0.25, -0.2) is 18.1 Å². The summed E-state index contributed by atoms with van der Waals surface area (Å²) in [4.78, 5) is 15.6. The zero-order chi connectivity index (χ0) is 16.3. The molecule has 0 fully saturated rings. The van der Waals surface area contributed by atoms with Gasteiger partial charge in [-0.15, -0.1) is 0 Å². The van der Waals surface area contributed by atoms with Crippen molar-refractivity contribution in [1.29, 1.82) is 0 Å². The van der Waals surface area contributed by atoms with Crippen molar-refractivity contribution in [3.05, 3.63) is 23.8 Å². The fourth-order valence-corrected chi connectivity index (χ4v) is 2.78. The van der Waals surface area contributed by atoms with Crippen LogP contribution in [0.15, 0.2) is 17.3 Å². The van der Waals surface area contributed by atoms with E-state index in [-0.39, 0.29) is 23.9 Å². The van der Waals surface area contributed by atoms with Gasteiger partial charge in [0.1, 0.15) is 5.82 Å². The number of aromatic nitrogens is 4. The smallest absolute Gasteiger partial charge is 0.259 e. The van der Waals surface area contributed by atoms with E-state index in [0.717, 1.165) is 5.69 Å². The quantitative estimate of drug-likeness (QED) is 0.693. The van der Waals surface area contributed by atoms with E-state index in [1.807, 2.05) is 6.92 Å². The lowest BCUT2D eigenvalue weighted by atomic mass is 10.4. The summed E-state index contributed by atoms with van der Waals surface area (Å²) < 4.78 is 28.0. The van der Waals surface area contributed by atoms with Crippen molar-refractivity contribution in [2.75, 3.05) is 11.9 Å². The molecule has 2 aromatic rings. The zero-order valence-corrected chi connectivity index (χ0v) is 13.4. The number of carbonyl (C=O) groups excluding carboxylic acids is 1. The highest BCUT2D eigenvalue weighted by Gasteiger charge is 2.18. The van der Waals surface area contributed by atoms with E-state index in [1.54, 1.807) is 24.6 Å². The molecule has 120 valence electrons. The van der Waals surface area contributed by atoms with E-state index in [4.69, 9.17) is 0 Å². The number of hydrogen-bond donors (Lipinski definition) is 3. The normalized spacial score (nSPS) is 11.6. The Hall–Kier alpha value is -2.20. The first-order valence-corrected chi connectivity index (χ1v) is 8.08. The molecule has 0 unspecified atom stereocenters. The molecule has 0 radical (unpaired) electrons. The third-order valence-electron chi connectivity index (χ3n) is 2.98. The molecule has 0 aliphatic rings. The summed E-state index contributed by atoms with van der Waals surface area (Å²) in [5.41, 5.74) is 0.821. The fraction of sp³-hybridized carbons (Fsp3) is 0.417. The number of nitrogens with zero attached hydrogens (tertiary/aromatic N) is 3. The van der Waals surface area contributed by atoms with Crippen LogP contribution in [0.25, 0.3) is 0 Å². The van der Waals surface area contributed by atoms with Gasteiger partial charge in [-0.1, -0.05) is 0 Å². The van der Waals surface area contributed by atoms with Crippen molar-refractivity contribution in [2.45, 2.75) is 25.3 Å². The summed E-state index contributed by atoms with van der Waals surface area (Å²) in [6.07, 6.45) is 1.42. The van der Waals surface area contributed by atoms with E-state index in [0.29, 0.717) is 11.6 Å². The van der Waals surface area contributed by atoms with Crippen LogP contribution < -0.4 is 10.0 Å². The summed E-state index contributed by atoms with van der Waals surface area (Å²) >= 11 is 0. The maximum atomic E-state index is 12.0. The number of amides is 1. The number of imidazole rings is 1. The van der Waals surface area contributed by atoms with Gasteiger partial charge in [-0.3, -0.25) is 9.89 Å². The number of nitrogens with one attached hydrogen (secondary N) is 3. The molecule has 0 bridgehead atoms. The number of carbonyl (C=O) groups is 1. The Bertz CT molecular complexity index is 757. The SMILES string of the molecule is Cc1cc(NC(=O)CCNS(=O)(=O)c2cn(C)c(C)n2)n[nH]1. The number of hydrogen-bond acceptors (Lipinski definition) is 5. The predicted molar refractivity (Wildman–Crippen MR) is 79.7 cm³/mol. The Kier molecular flexibility index (Phi) is 4.62. The molecular formula is C12H18N6O3S. The highest BCUT2D eigenvalue weighted by Crippen LogP contribution is 2.07. The van der Waals surface area contributed by atoms with Crippen molar-refractivity contribution in [3.63, 3.8) is 0 Å². The van der Waals surface area contributed by atoms with Crippen LogP contribution in [0.5, 0.6) is 0 Å². The second-order valence-electron chi connectivity index (χ2n) is 4.87. The molecule has 0 saturated carbocycles. The Morgan fingerprint density at radius 1 is 1.41 bits per heavy atom. The Morgan fingerprint density at radius 2 is 2.14 bits per heavy atom. The molecular weight excluding hydrogens is 308 g/mol. The van der Waals surface area contributed by atoms with Gasteiger partial charge in [0.2, 0.25) is 5.91 Å². The minimum atomic E-state index is -3.71. The van der Waals surface area contributed by atoms with Crippen LogP contribution in [0.1, 0.15) is 17.9 Å². The minimum Gasteiger partial charge on any atom is -0.337 e. The fourth-order valence-electron chi connectivity index (χ4n) is 1.72. The molecule has 0 aliphatic heterocycles. The van der Waals surface area contributed by atoms with Crippen LogP contribution in [0.4, 0.5) is 5.82 Å². The minimum absolute atomic E-state index is 0.00302. The molecule has 2 aromatic heterocycles. The summed E-state index contributed by atoms with van der Waals surface area (Å²) in [5.74, 6) is 0.670. The predicted octanol–water partition coefficient (Wildman–Crippen LogP) is 0.0671. The van der Waals surface area contributed by atoms with Gasteiger partial charge in [-0.2, -0.15) is 5.10 Å². The Labute approximate surface area is 128 Å². The van der Waals surface area contributed by atoms with Gasteiger partial charge in [0.05, 0.1) is 0 Å².